The normalized spacial score (nSPS) is 10.0. The highest BCUT2D eigenvalue weighted by atomic mass is 32.2. The summed E-state index contributed by atoms with van der Waals surface area (Å²) in [5, 5.41) is 21.0. The summed E-state index contributed by atoms with van der Waals surface area (Å²) in [4.78, 5) is 21.6. The summed E-state index contributed by atoms with van der Waals surface area (Å²) in [7, 11) is 3.40. The summed E-state index contributed by atoms with van der Waals surface area (Å²) < 4.78 is 0.630. The molecular weight excluding hydrogens is 286 g/mol. The third-order valence-corrected chi connectivity index (χ3v) is 4.51. The Labute approximate surface area is 110 Å². The van der Waals surface area contributed by atoms with Crippen molar-refractivity contribution in [1.29, 1.82) is 0 Å². The van der Waals surface area contributed by atoms with Crippen LogP contribution in [0.3, 0.4) is 0 Å². The summed E-state index contributed by atoms with van der Waals surface area (Å²) in [6.07, 6.45) is 0. The second kappa shape index (κ2) is 5.38. The van der Waals surface area contributed by atoms with Crippen LogP contribution < -0.4 is 0 Å². The minimum Gasteiger partial charge on any atom is -0.363 e. The molecule has 1 rings (SSSR count). The highest BCUT2D eigenvalue weighted by Gasteiger charge is 2.26. The molecule has 0 saturated carbocycles. The van der Waals surface area contributed by atoms with Gasteiger partial charge in [0.25, 0.3) is 0 Å². The molecule has 0 unspecified atom stereocenters. The van der Waals surface area contributed by atoms with Crippen LogP contribution >= 0.6 is 35.3 Å². The maximum absolute atomic E-state index is 10.7. The standard InChI is InChI=1S/C7H7N3O4S3/c1-8(2)7(15)17-6-4(9(11)12)3-5(16-6)10(13)14/h3H,1-2H3. The van der Waals surface area contributed by atoms with Crippen LogP contribution in [0.4, 0.5) is 10.7 Å². The quantitative estimate of drug-likeness (QED) is 0.366. The zero-order valence-electron chi connectivity index (χ0n) is 8.78. The minimum atomic E-state index is -0.652. The fraction of sp³-hybridized carbons (Fsp3) is 0.286. The van der Waals surface area contributed by atoms with Crippen molar-refractivity contribution in [2.24, 2.45) is 0 Å². The number of nitrogens with zero attached hydrogens (tertiary/aromatic N) is 3. The Kier molecular flexibility index (Phi) is 4.37. The number of thiocarbonyl (C=S) groups is 1. The molecule has 1 aromatic rings. The first-order valence-corrected chi connectivity index (χ1v) is 6.18. The van der Waals surface area contributed by atoms with Gasteiger partial charge in [-0.25, -0.2) is 0 Å². The molecule has 0 radical (unpaired) electrons. The Morgan fingerprint density at radius 2 is 2.00 bits per heavy atom. The third-order valence-electron chi connectivity index (χ3n) is 1.59. The fourth-order valence-corrected chi connectivity index (χ4v) is 3.13. The van der Waals surface area contributed by atoms with Gasteiger partial charge in [-0.3, -0.25) is 20.2 Å². The first-order valence-electron chi connectivity index (χ1n) is 4.14. The van der Waals surface area contributed by atoms with Crippen molar-refractivity contribution in [3.63, 3.8) is 0 Å². The topological polar surface area (TPSA) is 89.5 Å². The molecule has 17 heavy (non-hydrogen) atoms. The van der Waals surface area contributed by atoms with Gasteiger partial charge in [0.15, 0.2) is 4.21 Å². The Bertz CT molecular complexity index is 485. The van der Waals surface area contributed by atoms with Crippen LogP contribution in [-0.4, -0.2) is 33.2 Å². The van der Waals surface area contributed by atoms with Crippen molar-refractivity contribution in [3.8, 4) is 0 Å². The molecule has 0 spiro atoms. The van der Waals surface area contributed by atoms with Crippen molar-refractivity contribution >= 4 is 50.3 Å². The van der Waals surface area contributed by atoms with Gasteiger partial charge in [-0.2, -0.15) is 0 Å². The molecule has 0 fully saturated rings. The van der Waals surface area contributed by atoms with Gasteiger partial charge in [0.05, 0.1) is 9.85 Å². The molecular formula is C7H7N3O4S3. The lowest BCUT2D eigenvalue weighted by Crippen LogP contribution is -2.15. The van der Waals surface area contributed by atoms with Crippen LogP contribution in [0.25, 0.3) is 0 Å². The highest BCUT2D eigenvalue weighted by molar-refractivity contribution is 8.24. The van der Waals surface area contributed by atoms with Gasteiger partial charge in [-0.1, -0.05) is 12.2 Å². The molecule has 10 heteroatoms. The monoisotopic (exact) mass is 293 g/mol. The summed E-state index contributed by atoms with van der Waals surface area (Å²) in [6, 6.07) is 0.950. The van der Waals surface area contributed by atoms with E-state index in [9.17, 15) is 20.2 Å². The van der Waals surface area contributed by atoms with Gasteiger partial charge in [-0.15, -0.1) is 0 Å². The second-order valence-corrected chi connectivity index (χ2v) is 5.97. The highest BCUT2D eigenvalue weighted by Crippen LogP contribution is 2.41. The lowest BCUT2D eigenvalue weighted by Gasteiger charge is -2.10. The second-order valence-electron chi connectivity index (χ2n) is 3.03. The number of hydrogen-bond donors (Lipinski definition) is 0. The fourth-order valence-electron chi connectivity index (χ4n) is 0.814. The van der Waals surface area contributed by atoms with E-state index in [2.05, 4.69) is 0 Å². The molecule has 0 N–H and O–H groups in total. The lowest BCUT2D eigenvalue weighted by molar-refractivity contribution is -0.391. The van der Waals surface area contributed by atoms with Gasteiger partial charge >= 0.3 is 10.7 Å². The Morgan fingerprint density at radius 3 is 2.41 bits per heavy atom. The maximum Gasteiger partial charge on any atom is 0.332 e. The molecule has 92 valence electrons. The predicted octanol–water partition coefficient (Wildman–Crippen LogP) is 2.50. The zero-order valence-corrected chi connectivity index (χ0v) is 11.2. The van der Waals surface area contributed by atoms with Crippen LogP contribution in [0.15, 0.2) is 10.3 Å². The number of rotatable bonds is 3. The summed E-state index contributed by atoms with van der Waals surface area (Å²) >= 11 is 6.71. The zero-order chi connectivity index (χ0) is 13.2. The number of thiophene rings is 1. The molecule has 0 aliphatic carbocycles. The minimum absolute atomic E-state index is 0.223. The molecule has 0 aromatic carbocycles. The molecule has 1 heterocycles. The van der Waals surface area contributed by atoms with E-state index in [4.69, 9.17) is 12.2 Å². The largest absolute Gasteiger partial charge is 0.363 e. The van der Waals surface area contributed by atoms with Gasteiger partial charge in [0.1, 0.15) is 10.4 Å². The van der Waals surface area contributed by atoms with Crippen molar-refractivity contribution in [3.05, 3.63) is 26.3 Å². The summed E-state index contributed by atoms with van der Waals surface area (Å²) in [6.45, 7) is 0. The first kappa shape index (κ1) is 13.8. The number of hydrogen-bond acceptors (Lipinski definition) is 7. The molecule has 7 nitrogen and oxygen atoms in total. The van der Waals surface area contributed by atoms with Crippen molar-refractivity contribution in [2.45, 2.75) is 4.21 Å². The van der Waals surface area contributed by atoms with Crippen LogP contribution in [0.1, 0.15) is 0 Å². The van der Waals surface area contributed by atoms with E-state index in [0.717, 1.165) is 29.2 Å². The van der Waals surface area contributed by atoms with Gasteiger partial charge < -0.3 is 4.90 Å². The average molecular weight is 293 g/mol. The SMILES string of the molecule is CN(C)C(=S)Sc1sc([N+](=O)[O-])cc1[N+](=O)[O-]. The van der Waals surface area contributed by atoms with E-state index in [1.807, 2.05) is 0 Å². The average Bonchev–Trinajstić information content (AvgIpc) is 2.61. The van der Waals surface area contributed by atoms with E-state index in [1.165, 1.54) is 0 Å². The van der Waals surface area contributed by atoms with E-state index in [1.54, 1.807) is 19.0 Å². The predicted molar refractivity (Wildman–Crippen MR) is 69.8 cm³/mol. The van der Waals surface area contributed by atoms with E-state index in [-0.39, 0.29) is 14.9 Å². The summed E-state index contributed by atoms with van der Waals surface area (Å²) in [5.41, 5.74) is -0.282. The molecule has 0 atom stereocenters. The molecule has 1 aromatic heterocycles. The molecule has 0 aliphatic rings. The maximum atomic E-state index is 10.7. The number of nitro groups is 2. The Hall–Kier alpha value is -1.26. The molecule has 0 amide bonds. The van der Waals surface area contributed by atoms with Crippen LogP contribution in [0.5, 0.6) is 0 Å². The van der Waals surface area contributed by atoms with Gasteiger partial charge in [-0.05, 0) is 23.1 Å². The molecule has 0 aliphatic heterocycles. The Balaban J connectivity index is 3.09. The first-order chi connectivity index (χ1) is 7.82. The molecule has 0 bridgehead atoms. The van der Waals surface area contributed by atoms with Crippen molar-refractivity contribution in [2.75, 3.05) is 14.1 Å². The van der Waals surface area contributed by atoms with Gasteiger partial charge in [0, 0.05) is 14.1 Å². The number of thioether (sulfide) groups is 1. The smallest absolute Gasteiger partial charge is 0.332 e. The molecule has 0 saturated heterocycles. The van der Waals surface area contributed by atoms with E-state index < -0.39 is 9.85 Å². The third kappa shape index (κ3) is 3.35. The van der Waals surface area contributed by atoms with Crippen LogP contribution in [0.2, 0.25) is 0 Å². The van der Waals surface area contributed by atoms with Crippen molar-refractivity contribution in [1.82, 2.24) is 4.90 Å². The van der Waals surface area contributed by atoms with Gasteiger partial charge in [0.2, 0.25) is 0 Å². The van der Waals surface area contributed by atoms with E-state index in [0.29, 0.717) is 4.32 Å². The van der Waals surface area contributed by atoms with Crippen molar-refractivity contribution < 1.29 is 9.85 Å². The van der Waals surface area contributed by atoms with E-state index >= 15 is 0 Å². The van der Waals surface area contributed by atoms with Crippen LogP contribution in [0, 0.1) is 20.2 Å². The summed E-state index contributed by atoms with van der Waals surface area (Å²) in [5.74, 6) is 0. The Morgan fingerprint density at radius 1 is 1.41 bits per heavy atom. The van der Waals surface area contributed by atoms with Crippen LogP contribution in [-0.2, 0) is 0 Å². The lowest BCUT2D eigenvalue weighted by atomic mass is 10.5.